The first-order valence-electron chi connectivity index (χ1n) is 8.02. The molecule has 0 bridgehead atoms. The van der Waals surface area contributed by atoms with Gasteiger partial charge in [0.05, 0.1) is 11.0 Å². The van der Waals surface area contributed by atoms with E-state index >= 15 is 0 Å². The van der Waals surface area contributed by atoms with Crippen LogP contribution in [0.5, 0.6) is 0 Å². The van der Waals surface area contributed by atoms with E-state index in [0.29, 0.717) is 0 Å². The Bertz CT molecular complexity index is 803. The Morgan fingerprint density at radius 2 is 2.21 bits per heavy atom. The number of aryl methyl sites for hydroxylation is 1. The monoisotopic (exact) mass is 342 g/mol. The van der Waals surface area contributed by atoms with Gasteiger partial charge in [-0.3, -0.25) is 4.99 Å². The maximum absolute atomic E-state index is 5.90. The Balaban J connectivity index is 1.56. The molecule has 3 aromatic rings. The summed E-state index contributed by atoms with van der Waals surface area (Å²) in [6.07, 6.45) is 2.80. The minimum Gasteiger partial charge on any atom is -0.459 e. The number of guanidine groups is 1. The molecule has 2 heterocycles. The number of rotatable bonds is 5. The second-order valence-electron chi connectivity index (χ2n) is 5.67. The fourth-order valence-corrected chi connectivity index (χ4v) is 3.28. The van der Waals surface area contributed by atoms with Crippen LogP contribution in [0.15, 0.2) is 45.9 Å². The van der Waals surface area contributed by atoms with Gasteiger partial charge in [0.15, 0.2) is 5.96 Å². The second kappa shape index (κ2) is 7.49. The zero-order valence-corrected chi connectivity index (χ0v) is 15.0. The zero-order chi connectivity index (χ0) is 16.9. The molecular formula is C18H22N4OS. The molecule has 2 aromatic heterocycles. The Hall–Kier alpha value is -2.34. The first kappa shape index (κ1) is 16.5. The van der Waals surface area contributed by atoms with Crippen LogP contribution in [0.3, 0.4) is 0 Å². The molecule has 6 heteroatoms. The number of benzene rings is 1. The Labute approximate surface area is 145 Å². The molecular weight excluding hydrogens is 320 g/mol. The number of nitrogens with one attached hydrogen (secondary N) is 2. The molecule has 0 spiro atoms. The molecule has 0 amide bonds. The van der Waals surface area contributed by atoms with Gasteiger partial charge in [-0.25, -0.2) is 4.98 Å². The summed E-state index contributed by atoms with van der Waals surface area (Å²) in [6, 6.07) is 10.1. The van der Waals surface area contributed by atoms with Crippen molar-refractivity contribution < 1.29 is 4.42 Å². The van der Waals surface area contributed by atoms with E-state index in [0.717, 1.165) is 40.7 Å². The second-order valence-corrected chi connectivity index (χ2v) is 6.99. The van der Waals surface area contributed by atoms with Crippen LogP contribution in [-0.4, -0.2) is 24.5 Å². The van der Waals surface area contributed by atoms with Crippen molar-refractivity contribution in [2.75, 3.05) is 13.6 Å². The van der Waals surface area contributed by atoms with Gasteiger partial charge in [0.1, 0.15) is 11.3 Å². The highest BCUT2D eigenvalue weighted by Crippen LogP contribution is 2.23. The number of thiazole rings is 1. The Morgan fingerprint density at radius 1 is 1.38 bits per heavy atom. The summed E-state index contributed by atoms with van der Waals surface area (Å²) in [7, 11) is 1.77. The highest BCUT2D eigenvalue weighted by Gasteiger charge is 2.13. The third kappa shape index (κ3) is 3.94. The average Bonchev–Trinajstić information content (AvgIpc) is 3.19. The first-order valence-corrected chi connectivity index (χ1v) is 8.84. The number of aliphatic imine (C=N–C) groups is 1. The lowest BCUT2D eigenvalue weighted by atomic mass is 10.2. The van der Waals surface area contributed by atoms with Crippen LogP contribution in [0.4, 0.5) is 0 Å². The van der Waals surface area contributed by atoms with E-state index in [1.165, 1.54) is 4.88 Å². The van der Waals surface area contributed by atoms with E-state index in [9.17, 15) is 0 Å². The summed E-state index contributed by atoms with van der Waals surface area (Å²) in [4.78, 5) is 9.90. The number of hydrogen-bond donors (Lipinski definition) is 2. The molecule has 2 N–H and O–H groups in total. The van der Waals surface area contributed by atoms with E-state index in [2.05, 4.69) is 46.6 Å². The van der Waals surface area contributed by atoms with Gasteiger partial charge >= 0.3 is 0 Å². The van der Waals surface area contributed by atoms with Gasteiger partial charge in [0, 0.05) is 36.5 Å². The third-order valence-electron chi connectivity index (χ3n) is 3.75. The molecule has 1 aromatic carbocycles. The lowest BCUT2D eigenvalue weighted by molar-refractivity contribution is 0.488. The van der Waals surface area contributed by atoms with Crippen LogP contribution in [0.25, 0.3) is 11.0 Å². The number of nitrogens with zero attached hydrogens (tertiary/aromatic N) is 2. The number of hydrogen-bond acceptors (Lipinski definition) is 4. The van der Waals surface area contributed by atoms with Gasteiger partial charge in [-0.1, -0.05) is 18.2 Å². The van der Waals surface area contributed by atoms with Crippen molar-refractivity contribution in [1.29, 1.82) is 0 Å². The van der Waals surface area contributed by atoms with E-state index < -0.39 is 0 Å². The standard InChI is InChI=1S/C18H22N4OS/c1-12-11-21-17(24-12)8-9-20-18(19-3)22-13(2)16-10-14-6-4-5-7-15(14)23-16/h4-7,10-11,13H,8-9H2,1-3H3,(H2,19,20,22). The third-order valence-corrected chi connectivity index (χ3v) is 4.72. The van der Waals surface area contributed by atoms with Crippen LogP contribution in [0.1, 0.15) is 28.6 Å². The summed E-state index contributed by atoms with van der Waals surface area (Å²) in [5.41, 5.74) is 0.906. The fraction of sp³-hybridized carbons (Fsp3) is 0.333. The predicted octanol–water partition coefficient (Wildman–Crippen LogP) is 3.67. The van der Waals surface area contributed by atoms with Crippen molar-refractivity contribution in [3.05, 3.63) is 52.2 Å². The molecule has 126 valence electrons. The molecule has 1 unspecified atom stereocenters. The molecule has 0 aliphatic rings. The van der Waals surface area contributed by atoms with Crippen LogP contribution < -0.4 is 10.6 Å². The highest BCUT2D eigenvalue weighted by molar-refractivity contribution is 7.11. The van der Waals surface area contributed by atoms with Crippen molar-refractivity contribution in [3.63, 3.8) is 0 Å². The van der Waals surface area contributed by atoms with Gasteiger partial charge in [-0.2, -0.15) is 0 Å². The minimum absolute atomic E-state index is 0.0331. The first-order chi connectivity index (χ1) is 11.7. The molecule has 0 aliphatic heterocycles. The van der Waals surface area contributed by atoms with Crippen molar-refractivity contribution in [3.8, 4) is 0 Å². The van der Waals surface area contributed by atoms with Crippen molar-refractivity contribution in [2.24, 2.45) is 4.99 Å². The van der Waals surface area contributed by atoms with Gasteiger partial charge in [-0.15, -0.1) is 11.3 Å². The molecule has 0 aliphatic carbocycles. The lowest BCUT2D eigenvalue weighted by Gasteiger charge is -2.16. The fourth-order valence-electron chi connectivity index (χ4n) is 2.49. The maximum Gasteiger partial charge on any atom is 0.191 e. The quantitative estimate of drug-likeness (QED) is 0.549. The number of furan rings is 1. The van der Waals surface area contributed by atoms with E-state index in [1.807, 2.05) is 24.4 Å². The van der Waals surface area contributed by atoms with Gasteiger partial charge < -0.3 is 15.1 Å². The lowest BCUT2D eigenvalue weighted by Crippen LogP contribution is -2.39. The summed E-state index contributed by atoms with van der Waals surface area (Å²) in [5.74, 6) is 1.66. The van der Waals surface area contributed by atoms with E-state index in [-0.39, 0.29) is 6.04 Å². The zero-order valence-electron chi connectivity index (χ0n) is 14.2. The summed E-state index contributed by atoms with van der Waals surface area (Å²) >= 11 is 1.73. The van der Waals surface area contributed by atoms with Crippen LogP contribution in [-0.2, 0) is 6.42 Å². The largest absolute Gasteiger partial charge is 0.459 e. The molecule has 0 fully saturated rings. The van der Waals surface area contributed by atoms with Gasteiger partial charge in [0.25, 0.3) is 0 Å². The highest BCUT2D eigenvalue weighted by atomic mass is 32.1. The van der Waals surface area contributed by atoms with Crippen LogP contribution in [0, 0.1) is 6.92 Å². The molecule has 0 saturated carbocycles. The maximum atomic E-state index is 5.90. The predicted molar refractivity (Wildman–Crippen MR) is 99.7 cm³/mol. The van der Waals surface area contributed by atoms with Gasteiger partial charge in [0.2, 0.25) is 0 Å². The van der Waals surface area contributed by atoms with E-state index in [4.69, 9.17) is 4.42 Å². The molecule has 24 heavy (non-hydrogen) atoms. The summed E-state index contributed by atoms with van der Waals surface area (Å²) in [5, 5.41) is 8.94. The Morgan fingerprint density at radius 3 is 2.92 bits per heavy atom. The molecule has 0 saturated heterocycles. The number of para-hydroxylation sites is 1. The Kier molecular flexibility index (Phi) is 5.15. The van der Waals surface area contributed by atoms with Crippen LogP contribution in [0.2, 0.25) is 0 Å². The number of fused-ring (bicyclic) bond motifs is 1. The minimum atomic E-state index is 0.0331. The summed E-state index contributed by atoms with van der Waals surface area (Å²) in [6.45, 7) is 4.93. The van der Waals surface area contributed by atoms with Crippen molar-refractivity contribution in [2.45, 2.75) is 26.3 Å². The molecule has 3 rings (SSSR count). The van der Waals surface area contributed by atoms with E-state index in [1.54, 1.807) is 18.4 Å². The number of aromatic nitrogens is 1. The molecule has 1 atom stereocenters. The topological polar surface area (TPSA) is 62.5 Å². The molecule has 0 radical (unpaired) electrons. The normalized spacial score (nSPS) is 13.2. The molecule has 5 nitrogen and oxygen atoms in total. The SMILES string of the molecule is CN=C(NCCc1ncc(C)s1)NC(C)c1cc2ccccc2o1. The average molecular weight is 342 g/mol. The van der Waals surface area contributed by atoms with Gasteiger partial charge in [-0.05, 0) is 26.0 Å². The van der Waals surface area contributed by atoms with Crippen LogP contribution >= 0.6 is 11.3 Å². The summed E-state index contributed by atoms with van der Waals surface area (Å²) < 4.78 is 5.90. The van der Waals surface area contributed by atoms with Crippen molar-refractivity contribution in [1.82, 2.24) is 15.6 Å². The van der Waals surface area contributed by atoms with Crippen molar-refractivity contribution >= 4 is 28.3 Å². The smallest absolute Gasteiger partial charge is 0.191 e.